The zero-order valence-electron chi connectivity index (χ0n) is 8.32. The van der Waals surface area contributed by atoms with Crippen molar-refractivity contribution < 1.29 is 13.2 Å². The van der Waals surface area contributed by atoms with E-state index in [0.717, 1.165) is 6.42 Å². The maximum atomic E-state index is 12.5. The van der Waals surface area contributed by atoms with E-state index in [1.807, 2.05) is 0 Å². The van der Waals surface area contributed by atoms with E-state index < -0.39 is 17.6 Å². The van der Waals surface area contributed by atoms with Crippen LogP contribution in [0.3, 0.4) is 0 Å². The van der Waals surface area contributed by atoms with E-state index >= 15 is 0 Å². The van der Waals surface area contributed by atoms with Crippen LogP contribution < -0.4 is 11.1 Å². The van der Waals surface area contributed by atoms with Crippen LogP contribution in [0.1, 0.15) is 25.7 Å². The average molecular weight is 210 g/mol. The smallest absolute Gasteiger partial charge is 0.329 e. The molecule has 14 heavy (non-hydrogen) atoms. The van der Waals surface area contributed by atoms with Gasteiger partial charge in [-0.3, -0.25) is 0 Å². The normalized spacial score (nSPS) is 34.5. The van der Waals surface area contributed by atoms with Crippen LogP contribution in [0.2, 0.25) is 0 Å². The summed E-state index contributed by atoms with van der Waals surface area (Å²) >= 11 is 0. The van der Waals surface area contributed by atoms with Crippen LogP contribution in [0.15, 0.2) is 0 Å². The molecule has 1 fully saturated rings. The summed E-state index contributed by atoms with van der Waals surface area (Å²) in [6.07, 6.45) is -2.37. The first kappa shape index (κ1) is 11.8. The van der Waals surface area contributed by atoms with Crippen LogP contribution >= 0.6 is 0 Å². The summed E-state index contributed by atoms with van der Waals surface area (Å²) in [5.74, 6) is -1.19. The third kappa shape index (κ3) is 2.39. The van der Waals surface area contributed by atoms with Crippen molar-refractivity contribution in [3.05, 3.63) is 0 Å². The quantitative estimate of drug-likeness (QED) is 0.727. The fourth-order valence-corrected chi connectivity index (χ4v) is 2.16. The van der Waals surface area contributed by atoms with Gasteiger partial charge in [0.1, 0.15) is 0 Å². The second kappa shape index (κ2) is 4.06. The summed E-state index contributed by atoms with van der Waals surface area (Å²) in [4.78, 5) is 0. The molecule has 2 unspecified atom stereocenters. The average Bonchev–Trinajstić information content (AvgIpc) is 2.16. The highest BCUT2D eigenvalue weighted by Gasteiger charge is 2.46. The van der Waals surface area contributed by atoms with Gasteiger partial charge in [0.25, 0.3) is 0 Å². The molecule has 84 valence electrons. The summed E-state index contributed by atoms with van der Waals surface area (Å²) in [6, 6.07) is 0. The lowest BCUT2D eigenvalue weighted by molar-refractivity contribution is -0.187. The molecule has 0 aromatic carbocycles. The molecule has 0 amide bonds. The van der Waals surface area contributed by atoms with Crippen molar-refractivity contribution in [1.82, 2.24) is 5.32 Å². The first-order chi connectivity index (χ1) is 6.43. The van der Waals surface area contributed by atoms with Crippen LogP contribution in [0.25, 0.3) is 0 Å². The minimum atomic E-state index is -4.07. The Kier molecular flexibility index (Phi) is 3.42. The van der Waals surface area contributed by atoms with Crippen LogP contribution in [0.5, 0.6) is 0 Å². The lowest BCUT2D eigenvalue weighted by Crippen LogP contribution is -2.54. The van der Waals surface area contributed by atoms with Gasteiger partial charge in [0, 0.05) is 12.1 Å². The Morgan fingerprint density at radius 1 is 1.50 bits per heavy atom. The van der Waals surface area contributed by atoms with Gasteiger partial charge in [0.05, 0.1) is 5.92 Å². The number of rotatable bonds is 2. The molecule has 0 spiro atoms. The Hall–Kier alpha value is -0.290. The van der Waals surface area contributed by atoms with Crippen LogP contribution in [-0.2, 0) is 0 Å². The Morgan fingerprint density at radius 3 is 2.57 bits per heavy atom. The highest BCUT2D eigenvalue weighted by molar-refractivity contribution is 4.95. The number of alkyl halides is 3. The van der Waals surface area contributed by atoms with Gasteiger partial charge in [0.15, 0.2) is 0 Å². The Balaban J connectivity index is 2.68. The van der Waals surface area contributed by atoms with Crippen molar-refractivity contribution in [2.45, 2.75) is 37.4 Å². The van der Waals surface area contributed by atoms with Gasteiger partial charge in [-0.1, -0.05) is 6.42 Å². The van der Waals surface area contributed by atoms with Crippen molar-refractivity contribution in [2.75, 3.05) is 13.6 Å². The molecular formula is C9H17F3N2. The molecule has 0 aliphatic heterocycles. The molecule has 0 saturated heterocycles. The van der Waals surface area contributed by atoms with E-state index in [9.17, 15) is 13.2 Å². The SMILES string of the molecule is CNC1(CN)CCCC(C(F)(F)F)C1. The maximum Gasteiger partial charge on any atom is 0.391 e. The summed E-state index contributed by atoms with van der Waals surface area (Å²) in [5.41, 5.74) is 5.02. The number of likely N-dealkylation sites (N-methyl/N-ethyl adjacent to an activating group) is 1. The molecule has 0 radical (unpaired) electrons. The van der Waals surface area contributed by atoms with Crippen LogP contribution in [0, 0.1) is 5.92 Å². The topological polar surface area (TPSA) is 38.0 Å². The fourth-order valence-electron chi connectivity index (χ4n) is 2.16. The molecule has 1 aliphatic rings. The van der Waals surface area contributed by atoms with Gasteiger partial charge >= 0.3 is 6.18 Å². The fraction of sp³-hybridized carbons (Fsp3) is 1.00. The first-order valence-electron chi connectivity index (χ1n) is 4.89. The molecular weight excluding hydrogens is 193 g/mol. The number of nitrogens with one attached hydrogen (secondary N) is 1. The standard InChI is InChI=1S/C9H17F3N2/c1-14-8(6-13)4-2-3-7(5-8)9(10,11)12/h7,14H,2-6,13H2,1H3. The van der Waals surface area contributed by atoms with Crippen LogP contribution in [0.4, 0.5) is 13.2 Å². The molecule has 1 saturated carbocycles. The Morgan fingerprint density at radius 2 is 2.14 bits per heavy atom. The van der Waals surface area contributed by atoms with Gasteiger partial charge in [-0.05, 0) is 26.3 Å². The number of nitrogens with two attached hydrogens (primary N) is 1. The lowest BCUT2D eigenvalue weighted by Gasteiger charge is -2.40. The van der Waals surface area contributed by atoms with Crippen molar-refractivity contribution in [1.29, 1.82) is 0 Å². The summed E-state index contributed by atoms with van der Waals surface area (Å²) in [6.45, 7) is 0.274. The second-order valence-corrected chi connectivity index (χ2v) is 4.07. The predicted molar refractivity (Wildman–Crippen MR) is 48.9 cm³/mol. The van der Waals surface area contributed by atoms with E-state index in [0.29, 0.717) is 6.42 Å². The minimum absolute atomic E-state index is 0.115. The van der Waals surface area contributed by atoms with E-state index in [1.54, 1.807) is 7.05 Å². The zero-order chi connectivity index (χ0) is 10.8. The number of halogens is 3. The molecule has 2 atom stereocenters. The van der Waals surface area contributed by atoms with E-state index in [2.05, 4.69) is 5.32 Å². The van der Waals surface area contributed by atoms with Crippen molar-refractivity contribution in [3.8, 4) is 0 Å². The summed E-state index contributed by atoms with van der Waals surface area (Å²) < 4.78 is 37.5. The monoisotopic (exact) mass is 210 g/mol. The van der Waals surface area contributed by atoms with Gasteiger partial charge < -0.3 is 11.1 Å². The summed E-state index contributed by atoms with van der Waals surface area (Å²) in [5, 5.41) is 2.94. The summed E-state index contributed by atoms with van der Waals surface area (Å²) in [7, 11) is 1.69. The third-order valence-corrected chi connectivity index (χ3v) is 3.23. The molecule has 3 N–H and O–H groups in total. The number of hydrogen-bond acceptors (Lipinski definition) is 2. The van der Waals surface area contributed by atoms with Gasteiger partial charge in [-0.15, -0.1) is 0 Å². The molecule has 5 heteroatoms. The number of hydrogen-bond donors (Lipinski definition) is 2. The van der Waals surface area contributed by atoms with Gasteiger partial charge in [-0.25, -0.2) is 0 Å². The highest BCUT2D eigenvalue weighted by atomic mass is 19.4. The minimum Gasteiger partial charge on any atom is -0.329 e. The van der Waals surface area contributed by atoms with Crippen molar-refractivity contribution in [3.63, 3.8) is 0 Å². The largest absolute Gasteiger partial charge is 0.391 e. The molecule has 1 rings (SSSR count). The molecule has 0 aromatic rings. The molecule has 1 aliphatic carbocycles. The Bertz CT molecular complexity index is 187. The van der Waals surface area contributed by atoms with E-state index in [4.69, 9.17) is 5.73 Å². The van der Waals surface area contributed by atoms with Gasteiger partial charge in [0.2, 0.25) is 0 Å². The van der Waals surface area contributed by atoms with Gasteiger partial charge in [-0.2, -0.15) is 13.2 Å². The lowest BCUT2D eigenvalue weighted by atomic mass is 9.75. The Labute approximate surface area is 82.0 Å². The molecule has 0 heterocycles. The molecule has 2 nitrogen and oxygen atoms in total. The zero-order valence-corrected chi connectivity index (χ0v) is 8.32. The van der Waals surface area contributed by atoms with Crippen molar-refractivity contribution >= 4 is 0 Å². The van der Waals surface area contributed by atoms with Crippen molar-refractivity contribution in [2.24, 2.45) is 11.7 Å². The maximum absolute atomic E-state index is 12.5. The van der Waals surface area contributed by atoms with E-state index in [1.165, 1.54) is 0 Å². The molecule has 0 aromatic heterocycles. The first-order valence-corrected chi connectivity index (χ1v) is 4.89. The second-order valence-electron chi connectivity index (χ2n) is 4.07. The highest BCUT2D eigenvalue weighted by Crippen LogP contribution is 2.41. The predicted octanol–water partition coefficient (Wildman–Crippen LogP) is 1.66. The third-order valence-electron chi connectivity index (χ3n) is 3.23. The van der Waals surface area contributed by atoms with Crippen LogP contribution in [-0.4, -0.2) is 25.3 Å². The van der Waals surface area contributed by atoms with E-state index in [-0.39, 0.29) is 19.4 Å². The molecule has 0 bridgehead atoms.